The Bertz CT molecular complexity index is 1040. The number of benzene rings is 2. The minimum atomic E-state index is -3.69. The second kappa shape index (κ2) is 11.0. The van der Waals surface area contributed by atoms with E-state index in [0.717, 1.165) is 10.6 Å². The highest BCUT2D eigenvalue weighted by molar-refractivity contribution is 9.10. The van der Waals surface area contributed by atoms with Crippen LogP contribution >= 0.6 is 15.9 Å². The average molecular weight is 514 g/mol. The molecule has 31 heavy (non-hydrogen) atoms. The molecule has 0 aliphatic carbocycles. The van der Waals surface area contributed by atoms with E-state index >= 15 is 0 Å². The molecule has 9 nitrogen and oxygen atoms in total. The zero-order valence-electron chi connectivity index (χ0n) is 17.6. The van der Waals surface area contributed by atoms with Crippen LogP contribution in [-0.4, -0.2) is 54.2 Å². The maximum absolute atomic E-state index is 12.3. The van der Waals surface area contributed by atoms with Crippen LogP contribution in [-0.2, 0) is 14.8 Å². The number of ether oxygens (including phenoxy) is 3. The van der Waals surface area contributed by atoms with Gasteiger partial charge in [-0.1, -0.05) is 0 Å². The van der Waals surface area contributed by atoms with Crippen molar-refractivity contribution in [1.82, 2.24) is 5.43 Å². The minimum absolute atomic E-state index is 0.342. The molecule has 0 saturated heterocycles. The lowest BCUT2D eigenvalue weighted by Crippen LogP contribution is -2.39. The van der Waals surface area contributed by atoms with Crippen LogP contribution < -0.4 is 23.9 Å². The fourth-order valence-electron chi connectivity index (χ4n) is 2.63. The standard InChI is InChI=1S/C20H24BrN3O6S/c1-5-30-16-8-6-15(7-9-16)24(31(4,26)27)13-19(25)23-22-12-14-10-17(21)20(29-3)18(11-14)28-2/h6-12H,5,13H2,1-4H3,(H,23,25)/b22-12-. The molecule has 0 fully saturated rings. The third-order valence-corrected chi connectivity index (χ3v) is 5.71. The van der Waals surface area contributed by atoms with E-state index in [1.807, 2.05) is 6.92 Å². The summed E-state index contributed by atoms with van der Waals surface area (Å²) >= 11 is 3.38. The fraction of sp³-hybridized carbons (Fsp3) is 0.300. The maximum atomic E-state index is 12.3. The number of methoxy groups -OCH3 is 2. The third-order valence-electron chi connectivity index (χ3n) is 3.98. The van der Waals surface area contributed by atoms with Gasteiger partial charge < -0.3 is 14.2 Å². The van der Waals surface area contributed by atoms with E-state index in [2.05, 4.69) is 26.5 Å². The Morgan fingerprint density at radius 3 is 2.42 bits per heavy atom. The van der Waals surface area contributed by atoms with Gasteiger partial charge in [-0.3, -0.25) is 9.10 Å². The van der Waals surface area contributed by atoms with E-state index < -0.39 is 22.5 Å². The van der Waals surface area contributed by atoms with Gasteiger partial charge in [-0.2, -0.15) is 5.10 Å². The van der Waals surface area contributed by atoms with Crippen molar-refractivity contribution in [2.24, 2.45) is 5.10 Å². The Hall–Kier alpha value is -2.79. The maximum Gasteiger partial charge on any atom is 0.260 e. The monoisotopic (exact) mass is 513 g/mol. The molecule has 0 saturated carbocycles. The van der Waals surface area contributed by atoms with Crippen molar-refractivity contribution >= 4 is 43.8 Å². The van der Waals surface area contributed by atoms with Gasteiger partial charge in [0.25, 0.3) is 5.91 Å². The predicted molar refractivity (Wildman–Crippen MR) is 123 cm³/mol. The molecule has 2 aromatic carbocycles. The smallest absolute Gasteiger partial charge is 0.260 e. The summed E-state index contributed by atoms with van der Waals surface area (Å²) in [6, 6.07) is 9.85. The van der Waals surface area contributed by atoms with Crippen LogP contribution in [0.25, 0.3) is 0 Å². The van der Waals surface area contributed by atoms with Crippen LogP contribution in [0, 0.1) is 0 Å². The van der Waals surface area contributed by atoms with Crippen LogP contribution in [0.2, 0.25) is 0 Å². The number of anilines is 1. The van der Waals surface area contributed by atoms with Crippen LogP contribution in [0.3, 0.4) is 0 Å². The summed E-state index contributed by atoms with van der Waals surface area (Å²) in [5.41, 5.74) is 3.31. The van der Waals surface area contributed by atoms with Crippen molar-refractivity contribution < 1.29 is 27.4 Å². The van der Waals surface area contributed by atoms with Gasteiger partial charge in [-0.15, -0.1) is 0 Å². The van der Waals surface area contributed by atoms with Crippen LogP contribution in [0.1, 0.15) is 12.5 Å². The van der Waals surface area contributed by atoms with E-state index in [1.54, 1.807) is 36.4 Å². The average Bonchev–Trinajstić information content (AvgIpc) is 2.71. The Morgan fingerprint density at radius 1 is 1.19 bits per heavy atom. The Labute approximate surface area is 190 Å². The summed E-state index contributed by atoms with van der Waals surface area (Å²) in [6.45, 7) is 1.91. The largest absolute Gasteiger partial charge is 0.494 e. The van der Waals surface area contributed by atoms with Gasteiger partial charge in [0, 0.05) is 0 Å². The molecular weight excluding hydrogens is 490 g/mol. The number of hydrogen-bond donors (Lipinski definition) is 1. The van der Waals surface area contributed by atoms with Gasteiger partial charge in [0.2, 0.25) is 10.0 Å². The number of halogens is 1. The normalized spacial score (nSPS) is 11.3. The molecular formula is C20H24BrN3O6S. The molecule has 1 amide bonds. The lowest BCUT2D eigenvalue weighted by atomic mass is 10.2. The molecule has 168 valence electrons. The second-order valence-corrected chi connectivity index (χ2v) is 8.99. The molecule has 2 rings (SSSR count). The van der Waals surface area contributed by atoms with Gasteiger partial charge in [0.1, 0.15) is 12.3 Å². The van der Waals surface area contributed by atoms with Gasteiger partial charge in [0.05, 0.1) is 43.5 Å². The number of nitrogens with one attached hydrogen (secondary N) is 1. The first kappa shape index (κ1) is 24.5. The molecule has 0 aliphatic rings. The van der Waals surface area contributed by atoms with Crippen molar-refractivity contribution in [3.05, 3.63) is 46.4 Å². The van der Waals surface area contributed by atoms with Crippen molar-refractivity contribution in [3.63, 3.8) is 0 Å². The van der Waals surface area contributed by atoms with Crippen LogP contribution in [0.4, 0.5) is 5.69 Å². The summed E-state index contributed by atoms with van der Waals surface area (Å²) in [5, 5.41) is 3.90. The number of sulfonamides is 1. The third kappa shape index (κ3) is 6.86. The van der Waals surface area contributed by atoms with Crippen molar-refractivity contribution in [3.8, 4) is 17.2 Å². The SMILES string of the molecule is CCOc1ccc(N(CC(=O)N/N=C\c2cc(Br)c(OC)c(OC)c2)S(C)(=O)=O)cc1. The lowest BCUT2D eigenvalue weighted by molar-refractivity contribution is -0.119. The number of rotatable bonds is 10. The first-order chi connectivity index (χ1) is 14.7. The van der Waals surface area contributed by atoms with Crippen molar-refractivity contribution in [2.75, 3.05) is 37.9 Å². The molecule has 0 bridgehead atoms. The molecule has 1 N–H and O–H groups in total. The van der Waals surface area contributed by atoms with E-state index in [-0.39, 0.29) is 0 Å². The van der Waals surface area contributed by atoms with Crippen LogP contribution in [0.15, 0.2) is 46.0 Å². The van der Waals surface area contributed by atoms with Gasteiger partial charge in [-0.25, -0.2) is 13.8 Å². The van der Waals surface area contributed by atoms with E-state index in [0.29, 0.717) is 39.6 Å². The summed E-state index contributed by atoms with van der Waals surface area (Å²) in [5.74, 6) is 1.02. The van der Waals surface area contributed by atoms with E-state index in [4.69, 9.17) is 14.2 Å². The molecule has 0 unspecified atom stereocenters. The second-order valence-electron chi connectivity index (χ2n) is 6.23. The Kier molecular flexibility index (Phi) is 8.69. The number of amides is 1. The molecule has 0 spiro atoms. The van der Waals surface area contributed by atoms with Crippen molar-refractivity contribution in [2.45, 2.75) is 6.92 Å². The lowest BCUT2D eigenvalue weighted by Gasteiger charge is -2.21. The number of nitrogens with zero attached hydrogens (tertiary/aromatic N) is 2. The highest BCUT2D eigenvalue weighted by atomic mass is 79.9. The number of carbonyl (C=O) groups excluding carboxylic acids is 1. The van der Waals surface area contributed by atoms with E-state index in [9.17, 15) is 13.2 Å². The first-order valence-corrected chi connectivity index (χ1v) is 11.8. The topological polar surface area (TPSA) is 107 Å². The van der Waals surface area contributed by atoms with Gasteiger partial charge in [-0.05, 0) is 64.8 Å². The van der Waals surface area contributed by atoms with Gasteiger partial charge >= 0.3 is 0 Å². The molecule has 0 radical (unpaired) electrons. The molecule has 2 aromatic rings. The quantitative estimate of drug-likeness (QED) is 0.386. The summed E-state index contributed by atoms with van der Waals surface area (Å²) in [7, 11) is -0.665. The molecule has 11 heteroatoms. The fourth-order valence-corrected chi connectivity index (χ4v) is 4.11. The molecule has 0 heterocycles. The number of hydrazone groups is 1. The van der Waals surface area contributed by atoms with Gasteiger partial charge in [0.15, 0.2) is 11.5 Å². The summed E-state index contributed by atoms with van der Waals surface area (Å²) in [4.78, 5) is 12.3. The Morgan fingerprint density at radius 2 is 1.87 bits per heavy atom. The molecule has 0 atom stereocenters. The zero-order chi connectivity index (χ0) is 23.0. The predicted octanol–water partition coefficient (Wildman–Crippen LogP) is 2.78. The number of carbonyl (C=O) groups is 1. The summed E-state index contributed by atoms with van der Waals surface area (Å²) < 4.78 is 41.9. The van der Waals surface area contributed by atoms with Crippen molar-refractivity contribution in [1.29, 1.82) is 0 Å². The number of hydrogen-bond acceptors (Lipinski definition) is 7. The van der Waals surface area contributed by atoms with Crippen LogP contribution in [0.5, 0.6) is 17.2 Å². The Balaban J connectivity index is 2.11. The zero-order valence-corrected chi connectivity index (χ0v) is 20.0. The van der Waals surface area contributed by atoms with E-state index in [1.165, 1.54) is 20.4 Å². The first-order valence-electron chi connectivity index (χ1n) is 9.13. The summed E-state index contributed by atoms with van der Waals surface area (Å²) in [6.07, 6.45) is 2.44. The highest BCUT2D eigenvalue weighted by Crippen LogP contribution is 2.35. The molecule has 0 aliphatic heterocycles. The minimum Gasteiger partial charge on any atom is -0.494 e. The highest BCUT2D eigenvalue weighted by Gasteiger charge is 2.20. The molecule has 0 aromatic heterocycles.